The van der Waals surface area contributed by atoms with Crippen LogP contribution in [0.2, 0.25) is 0 Å². The monoisotopic (exact) mass is 442 g/mol. The molecule has 2 rings (SSSR count). The number of anilines is 1. The van der Waals surface area contributed by atoms with Crippen molar-refractivity contribution in [2.75, 3.05) is 23.7 Å². The highest BCUT2D eigenvalue weighted by Gasteiger charge is 2.18. The van der Waals surface area contributed by atoms with E-state index in [1.54, 1.807) is 6.07 Å². The fraction of sp³-hybridized carbons (Fsp3) is 0.526. The molecule has 1 aromatic rings. The summed E-state index contributed by atoms with van der Waals surface area (Å²) in [6.07, 6.45) is 8.78. The maximum absolute atomic E-state index is 12.1. The van der Waals surface area contributed by atoms with E-state index in [-0.39, 0.29) is 12.5 Å². The number of nitrogens with zero attached hydrogens (tertiary/aromatic N) is 1. The molecule has 0 radical (unpaired) electrons. The standard InChI is InChI=1S/C19H27BrN2O3S/c1-15-13-17(10-11-18(15)20)22(26(2,24)25)12-6-9-19(23)21-14-16-7-4-3-5-8-16/h7,10-11,13H,3-6,8-9,12,14H2,1-2H3,(H,21,23). The summed E-state index contributed by atoms with van der Waals surface area (Å²) in [6, 6.07) is 5.45. The molecule has 0 bridgehead atoms. The van der Waals surface area contributed by atoms with E-state index in [1.165, 1.54) is 29.0 Å². The van der Waals surface area contributed by atoms with Gasteiger partial charge in [-0.05, 0) is 62.8 Å². The Balaban J connectivity index is 1.88. The van der Waals surface area contributed by atoms with Crippen molar-refractivity contribution < 1.29 is 13.2 Å². The van der Waals surface area contributed by atoms with Crippen LogP contribution in [0.1, 0.15) is 44.1 Å². The molecular formula is C19H27BrN2O3S. The molecule has 0 aliphatic heterocycles. The first-order valence-corrected chi connectivity index (χ1v) is 11.6. The average molecular weight is 443 g/mol. The molecule has 26 heavy (non-hydrogen) atoms. The SMILES string of the molecule is Cc1cc(N(CCCC(=O)NCC2=CCCCC2)S(C)(=O)=O)ccc1Br. The predicted octanol–water partition coefficient (Wildman–Crippen LogP) is 3.92. The molecule has 1 aliphatic rings. The van der Waals surface area contributed by atoms with Crippen molar-refractivity contribution in [2.45, 2.75) is 45.4 Å². The lowest BCUT2D eigenvalue weighted by atomic mass is 10.00. The van der Waals surface area contributed by atoms with Gasteiger partial charge in [-0.3, -0.25) is 9.10 Å². The van der Waals surface area contributed by atoms with Crippen molar-refractivity contribution in [2.24, 2.45) is 0 Å². The molecule has 5 nitrogen and oxygen atoms in total. The highest BCUT2D eigenvalue weighted by atomic mass is 79.9. The van der Waals surface area contributed by atoms with E-state index in [0.717, 1.165) is 22.9 Å². The zero-order valence-corrected chi connectivity index (χ0v) is 17.8. The Morgan fingerprint density at radius 3 is 2.69 bits per heavy atom. The minimum atomic E-state index is -3.40. The number of carbonyl (C=O) groups is 1. The largest absolute Gasteiger partial charge is 0.352 e. The van der Waals surface area contributed by atoms with Crippen LogP contribution in [0.25, 0.3) is 0 Å². The lowest BCUT2D eigenvalue weighted by Gasteiger charge is -2.23. The molecule has 0 fully saturated rings. The Morgan fingerprint density at radius 1 is 1.31 bits per heavy atom. The summed E-state index contributed by atoms with van der Waals surface area (Å²) in [5.74, 6) is -0.0306. The number of carbonyl (C=O) groups excluding carboxylic acids is 1. The minimum absolute atomic E-state index is 0.0306. The molecule has 0 saturated carbocycles. The van der Waals surface area contributed by atoms with Crippen molar-refractivity contribution in [1.82, 2.24) is 5.32 Å². The fourth-order valence-electron chi connectivity index (χ4n) is 3.02. The van der Waals surface area contributed by atoms with E-state index in [9.17, 15) is 13.2 Å². The van der Waals surface area contributed by atoms with E-state index >= 15 is 0 Å². The molecule has 144 valence electrons. The number of aryl methyl sites for hydroxylation is 1. The van der Waals surface area contributed by atoms with Gasteiger partial charge in [-0.1, -0.05) is 27.6 Å². The Kier molecular flexibility index (Phi) is 7.70. The third kappa shape index (κ3) is 6.43. The van der Waals surface area contributed by atoms with Gasteiger partial charge in [0.2, 0.25) is 15.9 Å². The second-order valence-electron chi connectivity index (χ2n) is 6.76. The van der Waals surface area contributed by atoms with E-state index < -0.39 is 10.0 Å². The molecule has 1 aromatic carbocycles. The van der Waals surface area contributed by atoms with E-state index in [0.29, 0.717) is 25.1 Å². The highest BCUT2D eigenvalue weighted by Crippen LogP contribution is 2.25. The fourth-order valence-corrected chi connectivity index (χ4v) is 4.22. The number of benzene rings is 1. The molecule has 0 atom stereocenters. The summed E-state index contributed by atoms with van der Waals surface area (Å²) in [6.45, 7) is 2.82. The number of allylic oxidation sites excluding steroid dienone is 1. The first-order chi connectivity index (χ1) is 12.3. The molecular weight excluding hydrogens is 416 g/mol. The zero-order chi connectivity index (χ0) is 19.2. The number of hydrogen-bond acceptors (Lipinski definition) is 3. The van der Waals surface area contributed by atoms with Gasteiger partial charge in [0.15, 0.2) is 0 Å². The smallest absolute Gasteiger partial charge is 0.232 e. The van der Waals surface area contributed by atoms with Crippen LogP contribution in [0.4, 0.5) is 5.69 Å². The quantitative estimate of drug-likeness (QED) is 0.620. The summed E-state index contributed by atoms with van der Waals surface area (Å²) in [5, 5.41) is 2.94. The summed E-state index contributed by atoms with van der Waals surface area (Å²) in [5.41, 5.74) is 2.89. The van der Waals surface area contributed by atoms with Crippen molar-refractivity contribution in [3.8, 4) is 0 Å². The van der Waals surface area contributed by atoms with Gasteiger partial charge < -0.3 is 5.32 Å². The molecule has 1 aliphatic carbocycles. The van der Waals surface area contributed by atoms with Gasteiger partial charge in [0.1, 0.15) is 0 Å². The molecule has 0 spiro atoms. The highest BCUT2D eigenvalue weighted by molar-refractivity contribution is 9.10. The first kappa shape index (κ1) is 21.0. The van der Waals surface area contributed by atoms with Gasteiger partial charge in [0.25, 0.3) is 0 Å². The van der Waals surface area contributed by atoms with Crippen LogP contribution in [0, 0.1) is 6.92 Å². The lowest BCUT2D eigenvalue weighted by Crippen LogP contribution is -2.32. The molecule has 1 amide bonds. The number of amides is 1. The summed E-state index contributed by atoms with van der Waals surface area (Å²) < 4.78 is 26.6. The zero-order valence-electron chi connectivity index (χ0n) is 15.4. The van der Waals surface area contributed by atoms with E-state index in [1.807, 2.05) is 19.1 Å². The van der Waals surface area contributed by atoms with E-state index in [4.69, 9.17) is 0 Å². The lowest BCUT2D eigenvalue weighted by molar-refractivity contribution is -0.120. The summed E-state index contributed by atoms with van der Waals surface area (Å²) in [7, 11) is -3.40. The van der Waals surface area contributed by atoms with Crippen molar-refractivity contribution in [3.05, 3.63) is 39.9 Å². The third-order valence-corrected chi connectivity index (χ3v) is 6.58. The minimum Gasteiger partial charge on any atom is -0.352 e. The number of hydrogen-bond donors (Lipinski definition) is 1. The van der Waals surface area contributed by atoms with Crippen molar-refractivity contribution in [1.29, 1.82) is 0 Å². The predicted molar refractivity (Wildman–Crippen MR) is 110 cm³/mol. The normalized spacial score (nSPS) is 14.7. The molecule has 0 heterocycles. The van der Waals surface area contributed by atoms with Crippen molar-refractivity contribution in [3.63, 3.8) is 0 Å². The Hall–Kier alpha value is -1.34. The van der Waals surface area contributed by atoms with Gasteiger partial charge in [-0.2, -0.15) is 0 Å². The van der Waals surface area contributed by atoms with Gasteiger partial charge >= 0.3 is 0 Å². The average Bonchev–Trinajstić information content (AvgIpc) is 2.59. The Labute approximate surface area is 165 Å². The van der Waals surface area contributed by atoms with Gasteiger partial charge in [0.05, 0.1) is 11.9 Å². The number of rotatable bonds is 8. The topological polar surface area (TPSA) is 66.5 Å². The van der Waals surface area contributed by atoms with Crippen LogP contribution in [0.15, 0.2) is 34.3 Å². The van der Waals surface area contributed by atoms with Crippen LogP contribution in [0.5, 0.6) is 0 Å². The van der Waals surface area contributed by atoms with Gasteiger partial charge in [-0.15, -0.1) is 0 Å². The maximum atomic E-state index is 12.1. The molecule has 7 heteroatoms. The Morgan fingerprint density at radius 2 is 2.08 bits per heavy atom. The first-order valence-electron chi connectivity index (χ1n) is 8.96. The van der Waals surface area contributed by atoms with Gasteiger partial charge in [0, 0.05) is 24.0 Å². The second kappa shape index (κ2) is 9.55. The summed E-state index contributed by atoms with van der Waals surface area (Å²) >= 11 is 3.43. The number of halogens is 1. The van der Waals surface area contributed by atoms with Crippen LogP contribution < -0.4 is 9.62 Å². The number of nitrogens with one attached hydrogen (secondary N) is 1. The molecule has 1 N–H and O–H groups in total. The van der Waals surface area contributed by atoms with Crippen LogP contribution in [-0.2, 0) is 14.8 Å². The third-order valence-electron chi connectivity index (χ3n) is 4.49. The van der Waals surface area contributed by atoms with Crippen LogP contribution >= 0.6 is 15.9 Å². The molecule has 0 saturated heterocycles. The van der Waals surface area contributed by atoms with Gasteiger partial charge in [-0.25, -0.2) is 8.42 Å². The second-order valence-corrected chi connectivity index (χ2v) is 9.52. The van der Waals surface area contributed by atoms with Crippen molar-refractivity contribution >= 4 is 37.5 Å². The van der Waals surface area contributed by atoms with Crippen LogP contribution in [0.3, 0.4) is 0 Å². The molecule has 0 aromatic heterocycles. The summed E-state index contributed by atoms with van der Waals surface area (Å²) in [4.78, 5) is 12.0. The van der Waals surface area contributed by atoms with E-state index in [2.05, 4.69) is 27.3 Å². The van der Waals surface area contributed by atoms with Crippen LogP contribution in [-0.4, -0.2) is 33.7 Å². The number of sulfonamides is 1. The molecule has 0 unspecified atom stereocenters. The Bertz CT molecular complexity index is 775. The maximum Gasteiger partial charge on any atom is 0.232 e.